The Morgan fingerprint density at radius 1 is 1.26 bits per heavy atom. The lowest BCUT2D eigenvalue weighted by Crippen LogP contribution is -2.39. The summed E-state index contributed by atoms with van der Waals surface area (Å²) in [5.74, 6) is 0.0654. The van der Waals surface area contributed by atoms with Crippen LogP contribution in [0.15, 0.2) is 24.3 Å². The maximum atomic E-state index is 10.6. The van der Waals surface area contributed by atoms with E-state index in [4.69, 9.17) is 5.11 Å². The summed E-state index contributed by atoms with van der Waals surface area (Å²) >= 11 is 0. The topological polar surface area (TPSA) is 40.5 Å². The number of hydrogen-bond donors (Lipinski definition) is 1. The fraction of sp³-hybridized carbons (Fsp3) is 0.562. The number of likely N-dealkylation sites (tertiary alicyclic amines) is 1. The summed E-state index contributed by atoms with van der Waals surface area (Å²) in [7, 11) is 0. The van der Waals surface area contributed by atoms with Crippen LogP contribution in [0.3, 0.4) is 0 Å². The Kier molecular flexibility index (Phi) is 4.59. The van der Waals surface area contributed by atoms with E-state index in [0.717, 1.165) is 18.0 Å². The maximum absolute atomic E-state index is 10.6. The molecule has 0 spiro atoms. The fourth-order valence-electron chi connectivity index (χ4n) is 2.86. The van der Waals surface area contributed by atoms with Gasteiger partial charge in [0, 0.05) is 12.6 Å². The first kappa shape index (κ1) is 14.1. The predicted molar refractivity (Wildman–Crippen MR) is 76.1 cm³/mol. The molecule has 1 aliphatic heterocycles. The Bertz CT molecular complexity index is 427. The van der Waals surface area contributed by atoms with Crippen molar-refractivity contribution in [3.63, 3.8) is 0 Å². The lowest BCUT2D eigenvalue weighted by atomic mass is 9.93. The van der Waals surface area contributed by atoms with Crippen molar-refractivity contribution in [3.8, 4) is 0 Å². The van der Waals surface area contributed by atoms with Gasteiger partial charge in [0.1, 0.15) is 0 Å². The third kappa shape index (κ3) is 4.06. The zero-order valence-corrected chi connectivity index (χ0v) is 11.8. The third-order valence-electron chi connectivity index (χ3n) is 4.04. The molecule has 0 aliphatic carbocycles. The van der Waals surface area contributed by atoms with Gasteiger partial charge in [0.15, 0.2) is 0 Å². The highest BCUT2D eigenvalue weighted by Gasteiger charge is 2.22. The first-order valence-electron chi connectivity index (χ1n) is 7.08. The van der Waals surface area contributed by atoms with Crippen LogP contribution in [0, 0.1) is 5.92 Å². The highest BCUT2D eigenvalue weighted by atomic mass is 16.4. The van der Waals surface area contributed by atoms with Crippen molar-refractivity contribution in [2.24, 2.45) is 5.92 Å². The van der Waals surface area contributed by atoms with Crippen LogP contribution >= 0.6 is 0 Å². The van der Waals surface area contributed by atoms with Crippen molar-refractivity contribution in [2.45, 2.75) is 45.7 Å². The summed E-state index contributed by atoms with van der Waals surface area (Å²) in [5, 5.41) is 8.75. The molecular formula is C16H23NO2. The molecule has 0 saturated carbocycles. The zero-order chi connectivity index (χ0) is 13.8. The van der Waals surface area contributed by atoms with Crippen molar-refractivity contribution in [1.29, 1.82) is 0 Å². The molecule has 1 fully saturated rings. The van der Waals surface area contributed by atoms with Crippen molar-refractivity contribution in [1.82, 2.24) is 4.90 Å². The van der Waals surface area contributed by atoms with Crippen molar-refractivity contribution in [3.05, 3.63) is 35.4 Å². The van der Waals surface area contributed by atoms with Crippen LogP contribution in [0.2, 0.25) is 0 Å². The molecule has 104 valence electrons. The minimum Gasteiger partial charge on any atom is -0.481 e. The summed E-state index contributed by atoms with van der Waals surface area (Å²) in [5.41, 5.74) is 2.15. The lowest BCUT2D eigenvalue weighted by Gasteiger charge is -2.36. The average molecular weight is 261 g/mol. The number of carboxylic acid groups (broad SMARTS) is 1. The Hall–Kier alpha value is -1.35. The Morgan fingerprint density at radius 2 is 1.89 bits per heavy atom. The van der Waals surface area contributed by atoms with Gasteiger partial charge in [-0.2, -0.15) is 0 Å². The van der Waals surface area contributed by atoms with Crippen LogP contribution in [-0.4, -0.2) is 28.6 Å². The highest BCUT2D eigenvalue weighted by Crippen LogP contribution is 2.23. The normalized spacial score (nSPS) is 24.3. The summed E-state index contributed by atoms with van der Waals surface area (Å²) < 4.78 is 0. The number of aliphatic carboxylic acids is 1. The summed E-state index contributed by atoms with van der Waals surface area (Å²) in [6, 6.07) is 8.62. The highest BCUT2D eigenvalue weighted by molar-refractivity contribution is 5.70. The molecular weight excluding hydrogens is 238 g/mol. The quantitative estimate of drug-likeness (QED) is 0.906. The van der Waals surface area contributed by atoms with E-state index in [1.807, 2.05) is 12.1 Å². The lowest BCUT2D eigenvalue weighted by molar-refractivity contribution is -0.136. The average Bonchev–Trinajstić information content (AvgIpc) is 2.34. The van der Waals surface area contributed by atoms with E-state index < -0.39 is 5.97 Å². The third-order valence-corrected chi connectivity index (χ3v) is 4.04. The van der Waals surface area contributed by atoms with E-state index in [-0.39, 0.29) is 6.42 Å². The van der Waals surface area contributed by atoms with Gasteiger partial charge in [-0.3, -0.25) is 9.69 Å². The van der Waals surface area contributed by atoms with Crippen molar-refractivity contribution in [2.75, 3.05) is 6.54 Å². The minimum atomic E-state index is -0.772. The molecule has 1 N–H and O–H groups in total. The van der Waals surface area contributed by atoms with Gasteiger partial charge < -0.3 is 5.11 Å². The minimum absolute atomic E-state index is 0.109. The van der Waals surface area contributed by atoms with E-state index in [2.05, 4.69) is 30.9 Å². The van der Waals surface area contributed by atoms with E-state index in [1.54, 1.807) is 0 Å². The molecule has 0 radical (unpaired) electrons. The van der Waals surface area contributed by atoms with Crippen LogP contribution in [-0.2, 0) is 17.8 Å². The van der Waals surface area contributed by atoms with Crippen LogP contribution in [0.1, 0.15) is 37.8 Å². The molecule has 1 aliphatic rings. The zero-order valence-electron chi connectivity index (χ0n) is 11.8. The molecule has 0 amide bonds. The van der Waals surface area contributed by atoms with Crippen LogP contribution < -0.4 is 0 Å². The standard InChI is InChI=1S/C16H23NO2/c1-12-7-8-17(13(2)9-12)11-15-5-3-14(4-6-15)10-16(18)19/h3-6,12-13H,7-11H2,1-2H3,(H,18,19). The molecule has 0 aromatic heterocycles. The molecule has 3 heteroatoms. The van der Waals surface area contributed by atoms with Crippen molar-refractivity contribution < 1.29 is 9.90 Å². The van der Waals surface area contributed by atoms with Gasteiger partial charge >= 0.3 is 5.97 Å². The monoisotopic (exact) mass is 261 g/mol. The molecule has 19 heavy (non-hydrogen) atoms. The van der Waals surface area contributed by atoms with Gasteiger partial charge in [-0.15, -0.1) is 0 Å². The second kappa shape index (κ2) is 6.20. The van der Waals surface area contributed by atoms with Gasteiger partial charge in [0.25, 0.3) is 0 Å². The number of benzene rings is 1. The second-order valence-electron chi connectivity index (χ2n) is 5.84. The molecule has 3 nitrogen and oxygen atoms in total. The molecule has 1 aromatic carbocycles. The van der Waals surface area contributed by atoms with Gasteiger partial charge in [-0.1, -0.05) is 31.2 Å². The molecule has 2 rings (SSSR count). The van der Waals surface area contributed by atoms with E-state index in [0.29, 0.717) is 6.04 Å². The number of rotatable bonds is 4. The van der Waals surface area contributed by atoms with E-state index in [1.165, 1.54) is 24.9 Å². The number of carbonyl (C=O) groups is 1. The summed E-state index contributed by atoms with van der Waals surface area (Å²) in [6.07, 6.45) is 2.66. The van der Waals surface area contributed by atoms with Crippen LogP contribution in [0.4, 0.5) is 0 Å². The summed E-state index contributed by atoms with van der Waals surface area (Å²) in [4.78, 5) is 13.2. The second-order valence-corrected chi connectivity index (χ2v) is 5.84. The van der Waals surface area contributed by atoms with E-state index >= 15 is 0 Å². The Balaban J connectivity index is 1.94. The maximum Gasteiger partial charge on any atom is 0.307 e. The summed E-state index contributed by atoms with van der Waals surface area (Å²) in [6.45, 7) is 6.77. The fourth-order valence-corrected chi connectivity index (χ4v) is 2.86. The van der Waals surface area contributed by atoms with Gasteiger partial charge in [-0.05, 0) is 43.4 Å². The van der Waals surface area contributed by atoms with Crippen molar-refractivity contribution >= 4 is 5.97 Å². The molecule has 1 saturated heterocycles. The Labute approximate surface area is 115 Å². The van der Waals surface area contributed by atoms with Gasteiger partial charge in [0.05, 0.1) is 6.42 Å². The smallest absolute Gasteiger partial charge is 0.307 e. The van der Waals surface area contributed by atoms with Crippen LogP contribution in [0.5, 0.6) is 0 Å². The Morgan fingerprint density at radius 3 is 2.47 bits per heavy atom. The largest absolute Gasteiger partial charge is 0.481 e. The number of carboxylic acids is 1. The molecule has 2 atom stereocenters. The van der Waals surface area contributed by atoms with Crippen LogP contribution in [0.25, 0.3) is 0 Å². The van der Waals surface area contributed by atoms with E-state index in [9.17, 15) is 4.79 Å². The number of hydrogen-bond acceptors (Lipinski definition) is 2. The first-order valence-corrected chi connectivity index (χ1v) is 7.08. The SMILES string of the molecule is CC1CCN(Cc2ccc(CC(=O)O)cc2)C(C)C1. The number of piperidine rings is 1. The first-order chi connectivity index (χ1) is 9.04. The van der Waals surface area contributed by atoms with Gasteiger partial charge in [0.2, 0.25) is 0 Å². The number of nitrogens with zero attached hydrogens (tertiary/aromatic N) is 1. The predicted octanol–water partition coefficient (Wildman–Crippen LogP) is 2.93. The molecule has 2 unspecified atom stereocenters. The van der Waals surface area contributed by atoms with Gasteiger partial charge in [-0.25, -0.2) is 0 Å². The molecule has 1 heterocycles. The molecule has 0 bridgehead atoms. The molecule has 1 aromatic rings.